The summed E-state index contributed by atoms with van der Waals surface area (Å²) < 4.78 is 13.0. The topological polar surface area (TPSA) is 20.2 Å². The number of hydrogen-bond acceptors (Lipinski definition) is 1. The van der Waals surface area contributed by atoms with Gasteiger partial charge in [0.15, 0.2) is 0 Å². The predicted molar refractivity (Wildman–Crippen MR) is 49.6 cm³/mol. The molecule has 1 aromatic rings. The predicted octanol–water partition coefficient (Wildman–Crippen LogP) is 3.11. The SMILES string of the molecule is OC1(c2cc(F)c(Cl)cc2Cl)CC1. The van der Waals surface area contributed by atoms with E-state index in [-0.39, 0.29) is 5.02 Å². The van der Waals surface area contributed by atoms with E-state index >= 15 is 0 Å². The molecule has 0 heterocycles. The van der Waals surface area contributed by atoms with Gasteiger partial charge in [0.2, 0.25) is 0 Å². The highest BCUT2D eigenvalue weighted by Crippen LogP contribution is 2.48. The van der Waals surface area contributed by atoms with E-state index in [1.807, 2.05) is 0 Å². The van der Waals surface area contributed by atoms with Crippen molar-refractivity contribution in [2.45, 2.75) is 18.4 Å². The van der Waals surface area contributed by atoms with Crippen LogP contribution in [0.3, 0.4) is 0 Å². The van der Waals surface area contributed by atoms with Crippen molar-refractivity contribution in [3.05, 3.63) is 33.6 Å². The van der Waals surface area contributed by atoms with Crippen LogP contribution in [0, 0.1) is 5.82 Å². The highest BCUT2D eigenvalue weighted by Gasteiger charge is 2.43. The molecule has 0 spiro atoms. The number of hydrogen-bond donors (Lipinski definition) is 1. The first-order valence-corrected chi connectivity index (χ1v) is 4.66. The maximum atomic E-state index is 13.0. The van der Waals surface area contributed by atoms with Crippen LogP contribution in [0.15, 0.2) is 12.1 Å². The third kappa shape index (κ3) is 1.54. The standard InChI is InChI=1S/C9H7Cl2FO/c10-6-4-7(11)8(12)3-5(6)9(13)1-2-9/h3-4,13H,1-2H2. The Labute approximate surface area is 85.1 Å². The van der Waals surface area contributed by atoms with Gasteiger partial charge in [-0.2, -0.15) is 0 Å². The molecule has 1 N–H and O–H groups in total. The van der Waals surface area contributed by atoms with Gasteiger partial charge in [0.05, 0.1) is 10.6 Å². The van der Waals surface area contributed by atoms with Crippen LogP contribution in [-0.2, 0) is 5.60 Å². The molecule has 2 rings (SSSR count). The summed E-state index contributed by atoms with van der Waals surface area (Å²) in [5, 5.41) is 10.0. The molecule has 4 heteroatoms. The first-order valence-electron chi connectivity index (χ1n) is 3.90. The first-order chi connectivity index (χ1) is 6.03. The molecular weight excluding hydrogens is 214 g/mol. The minimum atomic E-state index is -0.914. The van der Waals surface area contributed by atoms with E-state index in [1.165, 1.54) is 12.1 Å². The summed E-state index contributed by atoms with van der Waals surface area (Å²) >= 11 is 11.3. The fourth-order valence-corrected chi connectivity index (χ4v) is 1.83. The second-order valence-corrected chi connectivity index (χ2v) is 4.09. The van der Waals surface area contributed by atoms with Crippen molar-refractivity contribution in [3.8, 4) is 0 Å². The zero-order chi connectivity index (χ0) is 9.64. The van der Waals surface area contributed by atoms with Gasteiger partial charge in [-0.3, -0.25) is 0 Å². The lowest BCUT2D eigenvalue weighted by Gasteiger charge is -2.10. The van der Waals surface area contributed by atoms with Gasteiger partial charge in [0.25, 0.3) is 0 Å². The van der Waals surface area contributed by atoms with Crippen LogP contribution in [0.25, 0.3) is 0 Å². The molecular formula is C9H7Cl2FO. The van der Waals surface area contributed by atoms with E-state index < -0.39 is 11.4 Å². The fraction of sp³-hybridized carbons (Fsp3) is 0.333. The molecule has 1 nitrogen and oxygen atoms in total. The largest absolute Gasteiger partial charge is 0.385 e. The van der Waals surface area contributed by atoms with Gasteiger partial charge in [-0.05, 0) is 25.0 Å². The molecule has 0 unspecified atom stereocenters. The van der Waals surface area contributed by atoms with Crippen LogP contribution in [0.2, 0.25) is 10.0 Å². The average molecular weight is 221 g/mol. The summed E-state index contributed by atoms with van der Waals surface area (Å²) in [4.78, 5) is 0. The molecule has 1 saturated carbocycles. The summed E-state index contributed by atoms with van der Waals surface area (Å²) in [7, 11) is 0. The van der Waals surface area contributed by atoms with E-state index in [0.29, 0.717) is 23.4 Å². The number of halogens is 3. The van der Waals surface area contributed by atoms with Gasteiger partial charge in [-0.1, -0.05) is 23.2 Å². The van der Waals surface area contributed by atoms with Crippen molar-refractivity contribution in [2.24, 2.45) is 0 Å². The quantitative estimate of drug-likeness (QED) is 0.722. The number of aliphatic hydroxyl groups is 1. The van der Waals surface area contributed by atoms with Crippen molar-refractivity contribution in [1.82, 2.24) is 0 Å². The maximum Gasteiger partial charge on any atom is 0.142 e. The molecule has 1 aromatic carbocycles. The summed E-state index contributed by atoms with van der Waals surface area (Å²) in [5.41, 5.74) is -0.473. The molecule has 0 atom stereocenters. The van der Waals surface area contributed by atoms with E-state index in [4.69, 9.17) is 23.2 Å². The molecule has 0 saturated heterocycles. The Morgan fingerprint density at radius 1 is 1.23 bits per heavy atom. The van der Waals surface area contributed by atoms with Gasteiger partial charge < -0.3 is 5.11 Å². The van der Waals surface area contributed by atoms with Crippen LogP contribution in [0.4, 0.5) is 4.39 Å². The van der Waals surface area contributed by atoms with E-state index in [0.717, 1.165) is 0 Å². The van der Waals surface area contributed by atoms with Crippen molar-refractivity contribution in [2.75, 3.05) is 0 Å². The van der Waals surface area contributed by atoms with Gasteiger partial charge in [0.1, 0.15) is 5.82 Å². The Morgan fingerprint density at radius 2 is 1.85 bits per heavy atom. The van der Waals surface area contributed by atoms with E-state index in [1.54, 1.807) is 0 Å². The van der Waals surface area contributed by atoms with Crippen LogP contribution in [0.5, 0.6) is 0 Å². The molecule has 70 valence electrons. The van der Waals surface area contributed by atoms with Gasteiger partial charge in [-0.25, -0.2) is 4.39 Å². The van der Waals surface area contributed by atoms with E-state index in [9.17, 15) is 9.50 Å². The Balaban J connectivity index is 2.52. The first kappa shape index (κ1) is 9.25. The molecule has 1 aliphatic carbocycles. The Bertz CT molecular complexity index is 361. The van der Waals surface area contributed by atoms with Crippen LogP contribution in [0.1, 0.15) is 18.4 Å². The third-order valence-electron chi connectivity index (χ3n) is 2.23. The number of benzene rings is 1. The second kappa shape index (κ2) is 2.84. The summed E-state index contributed by atoms with van der Waals surface area (Å²) in [6.45, 7) is 0. The molecule has 13 heavy (non-hydrogen) atoms. The second-order valence-electron chi connectivity index (χ2n) is 3.28. The smallest absolute Gasteiger partial charge is 0.142 e. The minimum Gasteiger partial charge on any atom is -0.385 e. The molecule has 0 radical (unpaired) electrons. The van der Waals surface area contributed by atoms with Crippen LogP contribution >= 0.6 is 23.2 Å². The lowest BCUT2D eigenvalue weighted by atomic mass is 10.1. The molecule has 0 bridgehead atoms. The zero-order valence-electron chi connectivity index (χ0n) is 6.65. The normalized spacial score (nSPS) is 18.8. The highest BCUT2D eigenvalue weighted by atomic mass is 35.5. The third-order valence-corrected chi connectivity index (χ3v) is 2.84. The Hall–Kier alpha value is -0.310. The molecule has 1 aliphatic rings. The van der Waals surface area contributed by atoms with E-state index in [2.05, 4.69) is 0 Å². The number of rotatable bonds is 1. The van der Waals surface area contributed by atoms with Crippen LogP contribution in [-0.4, -0.2) is 5.11 Å². The Morgan fingerprint density at radius 3 is 2.38 bits per heavy atom. The van der Waals surface area contributed by atoms with Gasteiger partial charge in [-0.15, -0.1) is 0 Å². The average Bonchev–Trinajstić information content (AvgIpc) is 2.77. The van der Waals surface area contributed by atoms with Crippen molar-refractivity contribution >= 4 is 23.2 Å². The molecule has 1 fully saturated rings. The molecule has 0 aliphatic heterocycles. The lowest BCUT2D eigenvalue weighted by molar-refractivity contribution is 0.151. The van der Waals surface area contributed by atoms with Crippen molar-refractivity contribution in [1.29, 1.82) is 0 Å². The molecule has 0 amide bonds. The lowest BCUT2D eigenvalue weighted by Crippen LogP contribution is -2.05. The highest BCUT2D eigenvalue weighted by molar-refractivity contribution is 6.35. The Kier molecular flexibility index (Phi) is 2.02. The summed E-state index contributed by atoms with van der Waals surface area (Å²) in [6, 6.07) is 2.53. The van der Waals surface area contributed by atoms with Gasteiger partial charge in [0, 0.05) is 10.6 Å². The van der Waals surface area contributed by atoms with Gasteiger partial charge >= 0.3 is 0 Å². The van der Waals surface area contributed by atoms with Crippen LogP contribution < -0.4 is 0 Å². The molecule has 0 aromatic heterocycles. The minimum absolute atomic E-state index is 0.0157. The van der Waals surface area contributed by atoms with Crippen molar-refractivity contribution < 1.29 is 9.50 Å². The fourth-order valence-electron chi connectivity index (χ4n) is 1.27. The summed E-state index contributed by atoms with van der Waals surface area (Å²) in [6.07, 6.45) is 1.27. The summed E-state index contributed by atoms with van der Waals surface area (Å²) in [5.74, 6) is -0.540. The monoisotopic (exact) mass is 220 g/mol. The zero-order valence-corrected chi connectivity index (χ0v) is 8.16. The van der Waals surface area contributed by atoms with Crippen molar-refractivity contribution in [3.63, 3.8) is 0 Å². The maximum absolute atomic E-state index is 13.0.